The highest BCUT2D eigenvalue weighted by Crippen LogP contribution is 2.27. The number of ether oxygens (including phenoxy) is 1. The summed E-state index contributed by atoms with van der Waals surface area (Å²) in [6.45, 7) is 5.63. The fourth-order valence-corrected chi connectivity index (χ4v) is 5.44. The van der Waals surface area contributed by atoms with Crippen molar-refractivity contribution in [2.24, 2.45) is 0 Å². The lowest BCUT2D eigenvalue weighted by Gasteiger charge is -2.32. The quantitative estimate of drug-likeness (QED) is 0.302. The Morgan fingerprint density at radius 1 is 0.975 bits per heavy atom. The minimum atomic E-state index is -4.30. The van der Waals surface area contributed by atoms with E-state index in [4.69, 9.17) is 16.3 Å². The molecule has 1 atom stereocenters. The van der Waals surface area contributed by atoms with Crippen LogP contribution in [0.5, 0.6) is 5.75 Å². The number of nitrogens with zero attached hydrogens (tertiary/aromatic N) is 2. The molecule has 3 rings (SSSR count). The predicted octanol–water partition coefficient (Wildman–Crippen LogP) is 5.02. The highest BCUT2D eigenvalue weighted by atomic mass is 35.5. The lowest BCUT2D eigenvalue weighted by atomic mass is 10.1. The average molecular weight is 590 g/mol. The highest BCUT2D eigenvalue weighted by Gasteiger charge is 2.32. The summed E-state index contributed by atoms with van der Waals surface area (Å²) in [4.78, 5) is 27.9. The zero-order valence-electron chi connectivity index (χ0n) is 22.6. The largest absolute Gasteiger partial charge is 0.494 e. The van der Waals surface area contributed by atoms with Gasteiger partial charge in [-0.25, -0.2) is 12.8 Å². The van der Waals surface area contributed by atoms with Crippen LogP contribution in [-0.2, 0) is 26.2 Å². The zero-order valence-corrected chi connectivity index (χ0v) is 24.2. The summed E-state index contributed by atoms with van der Waals surface area (Å²) in [5.41, 5.74) is 0.914. The summed E-state index contributed by atoms with van der Waals surface area (Å²) in [7, 11) is -4.30. The van der Waals surface area contributed by atoms with Crippen molar-refractivity contribution < 1.29 is 27.1 Å². The van der Waals surface area contributed by atoms with Crippen molar-refractivity contribution in [3.05, 3.63) is 89.2 Å². The Kier molecular flexibility index (Phi) is 10.9. The number of nitrogens with one attached hydrogen (secondary N) is 1. The van der Waals surface area contributed by atoms with Gasteiger partial charge in [0.05, 0.1) is 17.2 Å². The van der Waals surface area contributed by atoms with Gasteiger partial charge in [0.2, 0.25) is 11.8 Å². The van der Waals surface area contributed by atoms with Gasteiger partial charge in [0, 0.05) is 18.1 Å². The van der Waals surface area contributed by atoms with Crippen molar-refractivity contribution in [3.8, 4) is 5.75 Å². The lowest BCUT2D eigenvalue weighted by Crippen LogP contribution is -2.51. The van der Waals surface area contributed by atoms with Crippen LogP contribution in [0.3, 0.4) is 0 Å². The standard InChI is InChI=1S/C29H33ClFN3O5S/c1-4-18-32-29(36)21(3)33(19-22-6-8-23(30)9-7-22)28(35)20-34(25-12-14-26(15-13-25)39-5-2)40(37,38)27-16-10-24(31)11-17-27/h6-17,21H,4-5,18-20H2,1-3H3,(H,32,36)/t21-/m0/s1. The van der Waals surface area contributed by atoms with Crippen LogP contribution in [0.25, 0.3) is 0 Å². The third-order valence-electron chi connectivity index (χ3n) is 6.10. The molecule has 0 saturated carbocycles. The fraction of sp³-hybridized carbons (Fsp3) is 0.310. The molecular formula is C29H33ClFN3O5S. The van der Waals surface area contributed by atoms with Gasteiger partial charge in [-0.3, -0.25) is 13.9 Å². The van der Waals surface area contributed by atoms with Crippen molar-refractivity contribution in [2.45, 2.75) is 44.7 Å². The molecule has 40 heavy (non-hydrogen) atoms. The van der Waals surface area contributed by atoms with E-state index in [9.17, 15) is 22.4 Å². The maximum atomic E-state index is 13.8. The second-order valence-corrected chi connectivity index (χ2v) is 11.3. The van der Waals surface area contributed by atoms with E-state index in [1.165, 1.54) is 17.0 Å². The minimum Gasteiger partial charge on any atom is -0.494 e. The molecule has 3 aromatic rings. The molecule has 0 heterocycles. The van der Waals surface area contributed by atoms with E-state index < -0.39 is 34.3 Å². The highest BCUT2D eigenvalue weighted by molar-refractivity contribution is 7.92. The molecule has 0 aromatic heterocycles. The van der Waals surface area contributed by atoms with Crippen LogP contribution < -0.4 is 14.4 Å². The molecule has 0 bridgehead atoms. The van der Waals surface area contributed by atoms with Crippen LogP contribution >= 0.6 is 11.6 Å². The average Bonchev–Trinajstić information content (AvgIpc) is 2.94. The molecule has 8 nitrogen and oxygen atoms in total. The molecule has 0 fully saturated rings. The number of hydrogen-bond acceptors (Lipinski definition) is 5. The molecule has 0 unspecified atom stereocenters. The third kappa shape index (κ3) is 7.95. The zero-order chi connectivity index (χ0) is 29.3. The summed E-state index contributed by atoms with van der Waals surface area (Å²) in [5, 5.41) is 3.31. The number of amides is 2. The van der Waals surface area contributed by atoms with Gasteiger partial charge in [0.25, 0.3) is 10.0 Å². The third-order valence-corrected chi connectivity index (χ3v) is 8.14. The first-order chi connectivity index (χ1) is 19.1. The van der Waals surface area contributed by atoms with E-state index >= 15 is 0 Å². The number of carbonyl (C=O) groups excluding carboxylic acids is 2. The molecule has 0 radical (unpaired) electrons. The second kappa shape index (κ2) is 14.1. The number of rotatable bonds is 13. The van der Waals surface area contributed by atoms with Gasteiger partial charge in [-0.2, -0.15) is 0 Å². The van der Waals surface area contributed by atoms with Crippen molar-refractivity contribution in [2.75, 3.05) is 24.0 Å². The first kappa shape index (κ1) is 30.9. The molecule has 0 saturated heterocycles. The summed E-state index contributed by atoms with van der Waals surface area (Å²) in [6, 6.07) is 16.5. The van der Waals surface area contributed by atoms with Gasteiger partial charge in [-0.1, -0.05) is 30.7 Å². The Labute approximate surface area is 239 Å². The van der Waals surface area contributed by atoms with Crippen molar-refractivity contribution in [3.63, 3.8) is 0 Å². The summed E-state index contributed by atoms with van der Waals surface area (Å²) >= 11 is 6.02. The van der Waals surface area contributed by atoms with Crippen molar-refractivity contribution >= 4 is 39.1 Å². The molecule has 1 N–H and O–H groups in total. The summed E-state index contributed by atoms with van der Waals surface area (Å²) in [5.74, 6) is -1.03. The van der Waals surface area contributed by atoms with Crippen LogP contribution in [0.15, 0.2) is 77.7 Å². The lowest BCUT2D eigenvalue weighted by molar-refractivity contribution is -0.139. The number of sulfonamides is 1. The first-order valence-electron chi connectivity index (χ1n) is 12.9. The maximum Gasteiger partial charge on any atom is 0.264 e. The van der Waals surface area contributed by atoms with Gasteiger partial charge in [-0.15, -0.1) is 0 Å². The second-order valence-electron chi connectivity index (χ2n) is 9.01. The maximum absolute atomic E-state index is 13.8. The van der Waals surface area contributed by atoms with E-state index in [0.717, 1.165) is 28.6 Å². The van der Waals surface area contributed by atoms with Crippen molar-refractivity contribution in [1.82, 2.24) is 10.2 Å². The van der Waals surface area contributed by atoms with E-state index in [1.807, 2.05) is 13.8 Å². The number of anilines is 1. The Morgan fingerprint density at radius 2 is 1.60 bits per heavy atom. The first-order valence-corrected chi connectivity index (χ1v) is 14.7. The van der Waals surface area contributed by atoms with E-state index in [1.54, 1.807) is 43.3 Å². The van der Waals surface area contributed by atoms with Gasteiger partial charge in [0.15, 0.2) is 0 Å². The van der Waals surface area contributed by atoms with Gasteiger partial charge in [-0.05, 0) is 86.5 Å². The monoisotopic (exact) mass is 589 g/mol. The van der Waals surface area contributed by atoms with Gasteiger partial charge >= 0.3 is 0 Å². The van der Waals surface area contributed by atoms with Gasteiger partial charge in [0.1, 0.15) is 24.2 Å². The molecule has 0 aliphatic rings. The normalized spacial score (nSPS) is 11.9. The van der Waals surface area contributed by atoms with E-state index in [-0.39, 0.29) is 23.0 Å². The summed E-state index contributed by atoms with van der Waals surface area (Å²) in [6.07, 6.45) is 0.713. The molecule has 11 heteroatoms. The fourth-order valence-electron chi connectivity index (χ4n) is 3.90. The minimum absolute atomic E-state index is 0.0461. The molecule has 0 spiro atoms. The number of benzene rings is 3. The number of halogens is 2. The Bertz CT molecular complexity index is 1380. The number of carbonyl (C=O) groups is 2. The van der Waals surface area contributed by atoms with Crippen LogP contribution in [0.4, 0.5) is 10.1 Å². The molecule has 214 valence electrons. The Balaban J connectivity index is 2.01. The van der Waals surface area contributed by atoms with E-state index in [2.05, 4.69) is 5.32 Å². The van der Waals surface area contributed by atoms with Crippen LogP contribution in [0.1, 0.15) is 32.8 Å². The topological polar surface area (TPSA) is 96.0 Å². The van der Waals surface area contributed by atoms with E-state index in [0.29, 0.717) is 35.9 Å². The summed E-state index contributed by atoms with van der Waals surface area (Å²) < 4.78 is 47.5. The molecule has 0 aliphatic carbocycles. The molecule has 2 amide bonds. The molecule has 3 aromatic carbocycles. The van der Waals surface area contributed by atoms with Crippen LogP contribution in [-0.4, -0.2) is 50.9 Å². The molecule has 0 aliphatic heterocycles. The predicted molar refractivity (Wildman–Crippen MR) is 153 cm³/mol. The Morgan fingerprint density at radius 3 is 2.17 bits per heavy atom. The number of hydrogen-bond donors (Lipinski definition) is 1. The smallest absolute Gasteiger partial charge is 0.264 e. The van der Waals surface area contributed by atoms with Crippen LogP contribution in [0.2, 0.25) is 5.02 Å². The van der Waals surface area contributed by atoms with Crippen molar-refractivity contribution in [1.29, 1.82) is 0 Å². The van der Waals surface area contributed by atoms with Crippen LogP contribution in [0, 0.1) is 5.82 Å². The Hall–Kier alpha value is -3.63. The SMILES string of the molecule is CCCNC(=O)[C@H](C)N(Cc1ccc(Cl)cc1)C(=O)CN(c1ccc(OCC)cc1)S(=O)(=O)c1ccc(F)cc1. The molecular weight excluding hydrogens is 557 g/mol. The van der Waals surface area contributed by atoms with Gasteiger partial charge < -0.3 is 15.0 Å².